The third kappa shape index (κ3) is 61.6. The molecule has 19 heteroatoms. The summed E-state index contributed by atoms with van der Waals surface area (Å²) in [4.78, 5) is 72.5. The van der Waals surface area contributed by atoms with Crippen LogP contribution in [0.5, 0.6) is 0 Å². The number of carbonyl (C=O) groups excluding carboxylic acids is 4. The molecule has 0 aromatic carbocycles. The molecule has 0 aliphatic rings. The molecule has 522 valence electrons. The van der Waals surface area contributed by atoms with E-state index in [0.29, 0.717) is 25.7 Å². The van der Waals surface area contributed by atoms with E-state index in [1.54, 1.807) is 0 Å². The number of rotatable bonds is 66. The number of phosphoric acid groups is 2. The lowest BCUT2D eigenvalue weighted by atomic mass is 10.00. The number of phosphoric ester groups is 2. The average molecular weight is 1300 g/mol. The Labute approximate surface area is 537 Å². The molecule has 0 saturated heterocycles. The maximum atomic E-state index is 13.0. The standard InChI is InChI=1S/C69H134O17P2/c1-9-62(8)48-40-32-27-28-36-44-52-69(74)86-65(56-79-66(71)49-41-33-24-17-13-11-10-12-15-21-29-37-45-59(2)3)58-84-88(77,78)82-54-63(70)53-81-87(75,76)83-57-64(55-80-67(72)50-42-34-25-20-19-23-31-39-47-61(6)7)85-68(73)51-43-35-26-18-14-16-22-30-38-46-60(4)5/h59-65,70H,9-58H2,1-8H3,(H,75,76)(H,77,78)/t62?,63?,64-,65-/m1/s1. The number of aliphatic hydroxyl groups is 1. The predicted molar refractivity (Wildman–Crippen MR) is 354 cm³/mol. The molecule has 0 aliphatic carbocycles. The van der Waals surface area contributed by atoms with E-state index in [4.69, 9.17) is 37.0 Å². The van der Waals surface area contributed by atoms with Crippen LogP contribution in [0.2, 0.25) is 0 Å². The molecule has 0 amide bonds. The molecule has 6 atom stereocenters. The Hall–Kier alpha value is -1.94. The lowest BCUT2D eigenvalue weighted by molar-refractivity contribution is -0.161. The number of carbonyl (C=O) groups is 4. The summed E-state index contributed by atoms with van der Waals surface area (Å²) in [5, 5.41) is 10.6. The lowest BCUT2D eigenvalue weighted by Gasteiger charge is -2.21. The number of hydrogen-bond acceptors (Lipinski definition) is 15. The molecule has 3 N–H and O–H groups in total. The molecule has 0 fully saturated rings. The zero-order valence-corrected chi connectivity index (χ0v) is 59.1. The SMILES string of the molecule is CCC(C)CCCCCCCCC(=O)O[C@H](COC(=O)CCCCCCCCCCCCCCC(C)C)COP(=O)(O)OCC(O)COP(=O)(O)OC[C@@H](COC(=O)CCCCCCCCCCC(C)C)OC(=O)CCCCCCCCCCCC(C)C. The minimum atomic E-state index is -4.95. The Morgan fingerprint density at radius 2 is 0.545 bits per heavy atom. The van der Waals surface area contributed by atoms with E-state index in [1.807, 2.05) is 0 Å². The average Bonchev–Trinajstić information content (AvgIpc) is 3.51. The zero-order chi connectivity index (χ0) is 65.4. The van der Waals surface area contributed by atoms with Crippen LogP contribution in [0.3, 0.4) is 0 Å². The van der Waals surface area contributed by atoms with Crippen molar-refractivity contribution in [2.45, 2.75) is 356 Å². The van der Waals surface area contributed by atoms with Crippen molar-refractivity contribution in [3.63, 3.8) is 0 Å². The molecule has 0 heterocycles. The summed E-state index contributed by atoms with van der Waals surface area (Å²) < 4.78 is 68.2. The first-order chi connectivity index (χ1) is 42.1. The van der Waals surface area contributed by atoms with E-state index >= 15 is 0 Å². The largest absolute Gasteiger partial charge is 0.472 e. The van der Waals surface area contributed by atoms with E-state index in [0.717, 1.165) is 114 Å². The minimum Gasteiger partial charge on any atom is -0.462 e. The van der Waals surface area contributed by atoms with Crippen LogP contribution in [0.15, 0.2) is 0 Å². The maximum Gasteiger partial charge on any atom is 0.472 e. The Balaban J connectivity index is 5.24. The highest BCUT2D eigenvalue weighted by Crippen LogP contribution is 2.45. The topological polar surface area (TPSA) is 237 Å². The minimum absolute atomic E-state index is 0.102. The van der Waals surface area contributed by atoms with Gasteiger partial charge < -0.3 is 33.8 Å². The third-order valence-corrected chi connectivity index (χ3v) is 18.1. The van der Waals surface area contributed by atoms with Gasteiger partial charge in [0.2, 0.25) is 0 Å². The highest BCUT2D eigenvalue weighted by molar-refractivity contribution is 7.47. The highest BCUT2D eigenvalue weighted by atomic mass is 31.2. The molecule has 88 heavy (non-hydrogen) atoms. The fraction of sp³-hybridized carbons (Fsp3) is 0.942. The van der Waals surface area contributed by atoms with Gasteiger partial charge in [0.15, 0.2) is 12.2 Å². The maximum absolute atomic E-state index is 13.0. The number of unbranched alkanes of at least 4 members (excludes halogenated alkanes) is 31. The van der Waals surface area contributed by atoms with Gasteiger partial charge in [-0.05, 0) is 49.4 Å². The quantitative estimate of drug-likeness (QED) is 0.0222. The number of esters is 4. The fourth-order valence-electron chi connectivity index (χ4n) is 10.3. The Kier molecular flexibility index (Phi) is 57.6. The van der Waals surface area contributed by atoms with E-state index < -0.39 is 97.5 Å². The number of ether oxygens (including phenoxy) is 4. The van der Waals surface area contributed by atoms with Crippen LogP contribution in [0.25, 0.3) is 0 Å². The van der Waals surface area contributed by atoms with Gasteiger partial charge in [0.05, 0.1) is 26.4 Å². The van der Waals surface area contributed by atoms with Gasteiger partial charge >= 0.3 is 39.5 Å². The smallest absolute Gasteiger partial charge is 0.462 e. The van der Waals surface area contributed by atoms with Gasteiger partial charge in [-0.1, -0.05) is 287 Å². The second kappa shape index (κ2) is 58.8. The molecule has 0 radical (unpaired) electrons. The summed E-state index contributed by atoms with van der Waals surface area (Å²) in [7, 11) is -9.90. The molecule has 0 spiro atoms. The van der Waals surface area contributed by atoms with Crippen LogP contribution in [0.4, 0.5) is 0 Å². The van der Waals surface area contributed by atoms with Crippen molar-refractivity contribution < 1.29 is 80.2 Å². The second-order valence-corrected chi connectivity index (χ2v) is 29.5. The van der Waals surface area contributed by atoms with Gasteiger partial charge in [0.1, 0.15) is 19.3 Å². The normalized spacial score (nSPS) is 14.6. The van der Waals surface area contributed by atoms with E-state index in [1.165, 1.54) is 141 Å². The van der Waals surface area contributed by atoms with E-state index in [2.05, 4.69) is 55.4 Å². The van der Waals surface area contributed by atoms with Gasteiger partial charge in [0, 0.05) is 25.7 Å². The second-order valence-electron chi connectivity index (χ2n) is 26.6. The van der Waals surface area contributed by atoms with Crippen LogP contribution in [0, 0.1) is 23.7 Å². The van der Waals surface area contributed by atoms with Crippen LogP contribution in [0.1, 0.15) is 338 Å². The third-order valence-electron chi connectivity index (χ3n) is 16.2. The van der Waals surface area contributed by atoms with Crippen molar-refractivity contribution in [1.29, 1.82) is 0 Å². The fourth-order valence-corrected chi connectivity index (χ4v) is 11.9. The monoisotopic (exact) mass is 1300 g/mol. The first kappa shape index (κ1) is 86.1. The van der Waals surface area contributed by atoms with Crippen molar-refractivity contribution in [3.05, 3.63) is 0 Å². The molecular weight excluding hydrogens is 1160 g/mol. The summed E-state index contributed by atoms with van der Waals surface area (Å²) in [5.74, 6) is 0.831. The van der Waals surface area contributed by atoms with Gasteiger partial charge in [-0.25, -0.2) is 9.13 Å². The van der Waals surface area contributed by atoms with Crippen molar-refractivity contribution >= 4 is 39.5 Å². The first-order valence-corrected chi connectivity index (χ1v) is 38.7. The van der Waals surface area contributed by atoms with Crippen molar-refractivity contribution in [2.24, 2.45) is 23.7 Å². The molecule has 0 aliphatic heterocycles. The van der Waals surface area contributed by atoms with E-state index in [9.17, 15) is 43.2 Å². The Morgan fingerprint density at radius 3 is 0.807 bits per heavy atom. The molecule has 0 saturated carbocycles. The van der Waals surface area contributed by atoms with Gasteiger partial charge in [-0.15, -0.1) is 0 Å². The van der Waals surface area contributed by atoms with Crippen LogP contribution >= 0.6 is 15.6 Å². The van der Waals surface area contributed by atoms with Crippen molar-refractivity contribution in [1.82, 2.24) is 0 Å². The summed E-state index contributed by atoms with van der Waals surface area (Å²) in [6, 6.07) is 0. The van der Waals surface area contributed by atoms with Crippen molar-refractivity contribution in [3.8, 4) is 0 Å². The summed E-state index contributed by atoms with van der Waals surface area (Å²) in [6.07, 6.45) is 40.4. The Bertz CT molecular complexity index is 1750. The Morgan fingerprint density at radius 1 is 0.318 bits per heavy atom. The summed E-state index contributed by atoms with van der Waals surface area (Å²) in [6.45, 7) is 14.0. The molecule has 4 unspecified atom stereocenters. The highest BCUT2D eigenvalue weighted by Gasteiger charge is 2.30. The summed E-state index contributed by atoms with van der Waals surface area (Å²) >= 11 is 0. The lowest BCUT2D eigenvalue weighted by Crippen LogP contribution is -2.30. The van der Waals surface area contributed by atoms with Crippen LogP contribution in [-0.2, 0) is 65.4 Å². The first-order valence-electron chi connectivity index (χ1n) is 35.7. The summed E-state index contributed by atoms with van der Waals surface area (Å²) in [5.41, 5.74) is 0. The molecular formula is C69H134O17P2. The van der Waals surface area contributed by atoms with Gasteiger partial charge in [-0.3, -0.25) is 37.3 Å². The van der Waals surface area contributed by atoms with Crippen molar-refractivity contribution in [2.75, 3.05) is 39.6 Å². The van der Waals surface area contributed by atoms with E-state index in [-0.39, 0.29) is 25.7 Å². The molecule has 17 nitrogen and oxygen atoms in total. The predicted octanol–water partition coefficient (Wildman–Crippen LogP) is 19.3. The van der Waals surface area contributed by atoms with Gasteiger partial charge in [0.25, 0.3) is 0 Å². The zero-order valence-electron chi connectivity index (χ0n) is 57.3. The molecule has 0 bridgehead atoms. The van der Waals surface area contributed by atoms with Crippen LogP contribution in [-0.4, -0.2) is 96.7 Å². The van der Waals surface area contributed by atoms with Gasteiger partial charge in [-0.2, -0.15) is 0 Å². The molecule has 0 aromatic rings. The van der Waals surface area contributed by atoms with Crippen LogP contribution < -0.4 is 0 Å². The number of aliphatic hydroxyl groups excluding tert-OH is 1. The molecule has 0 aromatic heterocycles. The number of hydrogen-bond donors (Lipinski definition) is 3. The molecule has 0 rings (SSSR count).